The van der Waals surface area contributed by atoms with Crippen LogP contribution >= 0.6 is 0 Å². The highest BCUT2D eigenvalue weighted by molar-refractivity contribution is 5.46. The third-order valence-electron chi connectivity index (χ3n) is 3.11. The van der Waals surface area contributed by atoms with E-state index in [1.54, 1.807) is 0 Å². The van der Waals surface area contributed by atoms with Crippen LogP contribution in [0.4, 0.5) is 0 Å². The number of rotatable bonds is 3. The van der Waals surface area contributed by atoms with Crippen LogP contribution in [0.2, 0.25) is 0 Å². The van der Waals surface area contributed by atoms with Gasteiger partial charge in [0.05, 0.1) is 5.69 Å². The Balaban J connectivity index is 2.00. The lowest BCUT2D eigenvalue weighted by Crippen LogP contribution is -2.43. The molecule has 1 aromatic rings. The van der Waals surface area contributed by atoms with Crippen LogP contribution in [0, 0.1) is 0 Å². The summed E-state index contributed by atoms with van der Waals surface area (Å²) >= 11 is 0. The molecule has 0 unspecified atom stereocenters. The van der Waals surface area contributed by atoms with E-state index in [0.29, 0.717) is 0 Å². The molecule has 1 aliphatic heterocycles. The number of hydrogen-bond donors (Lipinski definition) is 0. The topological polar surface area (TPSA) is 19.4 Å². The van der Waals surface area contributed by atoms with Gasteiger partial charge in [0.25, 0.3) is 0 Å². The smallest absolute Gasteiger partial charge is 0.0668 e. The first-order valence-electron chi connectivity index (χ1n) is 5.77. The summed E-state index contributed by atoms with van der Waals surface area (Å²) in [6.45, 7) is 9.39. The predicted molar refractivity (Wildman–Crippen MR) is 67.1 cm³/mol. The van der Waals surface area contributed by atoms with Crippen molar-refractivity contribution in [3.8, 4) is 0 Å². The molecule has 3 heteroatoms. The SMILES string of the molecule is C=Cc1ncccc1CN1CCN(C)CC1. The monoisotopic (exact) mass is 217 g/mol. The molecule has 1 fully saturated rings. The van der Waals surface area contributed by atoms with E-state index in [1.165, 1.54) is 5.56 Å². The highest BCUT2D eigenvalue weighted by atomic mass is 15.2. The second-order valence-electron chi connectivity index (χ2n) is 4.33. The second kappa shape index (κ2) is 5.23. The first kappa shape index (κ1) is 11.3. The Bertz CT molecular complexity index is 354. The Morgan fingerprint density at radius 3 is 2.81 bits per heavy atom. The Morgan fingerprint density at radius 1 is 1.38 bits per heavy atom. The van der Waals surface area contributed by atoms with Gasteiger partial charge >= 0.3 is 0 Å². The van der Waals surface area contributed by atoms with Crippen LogP contribution < -0.4 is 0 Å². The number of aromatic nitrogens is 1. The van der Waals surface area contributed by atoms with Gasteiger partial charge in [-0.3, -0.25) is 9.88 Å². The molecule has 0 spiro atoms. The van der Waals surface area contributed by atoms with Crippen LogP contribution in [0.3, 0.4) is 0 Å². The van der Waals surface area contributed by atoms with Gasteiger partial charge in [-0.25, -0.2) is 0 Å². The molecule has 0 N–H and O–H groups in total. The molecular formula is C13H19N3. The first-order chi connectivity index (χ1) is 7.79. The lowest BCUT2D eigenvalue weighted by Gasteiger charge is -2.32. The summed E-state index contributed by atoms with van der Waals surface area (Å²) in [6.07, 6.45) is 3.66. The molecule has 0 aromatic carbocycles. The summed E-state index contributed by atoms with van der Waals surface area (Å²) in [7, 11) is 2.18. The van der Waals surface area contributed by atoms with Gasteiger partial charge in [0, 0.05) is 38.9 Å². The molecule has 0 bridgehead atoms. The van der Waals surface area contributed by atoms with Gasteiger partial charge in [-0.1, -0.05) is 12.6 Å². The summed E-state index contributed by atoms with van der Waals surface area (Å²) in [6, 6.07) is 4.14. The van der Waals surface area contributed by atoms with Gasteiger partial charge < -0.3 is 4.90 Å². The van der Waals surface area contributed by atoms with Crippen LogP contribution in [0.5, 0.6) is 0 Å². The van der Waals surface area contributed by atoms with Gasteiger partial charge in [0.15, 0.2) is 0 Å². The molecule has 0 saturated carbocycles. The minimum Gasteiger partial charge on any atom is -0.304 e. The molecule has 1 aromatic heterocycles. The third kappa shape index (κ3) is 2.68. The predicted octanol–water partition coefficient (Wildman–Crippen LogP) is 1.47. The van der Waals surface area contributed by atoms with E-state index in [-0.39, 0.29) is 0 Å². The molecule has 86 valence electrons. The highest BCUT2D eigenvalue weighted by Gasteiger charge is 2.14. The summed E-state index contributed by atoms with van der Waals surface area (Å²) in [4.78, 5) is 9.17. The standard InChI is InChI=1S/C13H19N3/c1-3-13-12(5-4-6-14-13)11-16-9-7-15(2)8-10-16/h3-6H,1,7-11H2,2H3. The Labute approximate surface area is 97.4 Å². The average molecular weight is 217 g/mol. The first-order valence-corrected chi connectivity index (χ1v) is 5.77. The normalized spacial score (nSPS) is 18.6. The number of pyridine rings is 1. The van der Waals surface area contributed by atoms with E-state index in [9.17, 15) is 0 Å². The minimum absolute atomic E-state index is 0.989. The maximum absolute atomic E-state index is 4.32. The molecule has 1 saturated heterocycles. The number of likely N-dealkylation sites (N-methyl/N-ethyl adjacent to an activating group) is 1. The number of nitrogens with zero attached hydrogens (tertiary/aromatic N) is 3. The van der Waals surface area contributed by atoms with Crippen molar-refractivity contribution in [1.82, 2.24) is 14.8 Å². The largest absolute Gasteiger partial charge is 0.304 e. The fourth-order valence-corrected chi connectivity index (χ4v) is 2.02. The van der Waals surface area contributed by atoms with E-state index < -0.39 is 0 Å². The van der Waals surface area contributed by atoms with E-state index in [4.69, 9.17) is 0 Å². The van der Waals surface area contributed by atoms with Crippen molar-refractivity contribution in [2.45, 2.75) is 6.54 Å². The number of hydrogen-bond acceptors (Lipinski definition) is 3. The molecular weight excluding hydrogens is 198 g/mol. The maximum atomic E-state index is 4.32. The molecule has 2 heterocycles. The fraction of sp³-hybridized carbons (Fsp3) is 0.462. The lowest BCUT2D eigenvalue weighted by molar-refractivity contribution is 0.148. The molecule has 0 radical (unpaired) electrons. The Morgan fingerprint density at radius 2 is 2.12 bits per heavy atom. The molecule has 0 aliphatic carbocycles. The molecule has 0 amide bonds. The zero-order chi connectivity index (χ0) is 11.4. The van der Waals surface area contributed by atoms with E-state index in [2.05, 4.69) is 34.5 Å². The van der Waals surface area contributed by atoms with Crippen LogP contribution in [-0.2, 0) is 6.54 Å². The van der Waals surface area contributed by atoms with Crippen molar-refractivity contribution >= 4 is 6.08 Å². The van der Waals surface area contributed by atoms with Crippen molar-refractivity contribution < 1.29 is 0 Å². The number of piperazine rings is 1. The molecule has 1 aliphatic rings. The second-order valence-corrected chi connectivity index (χ2v) is 4.33. The maximum Gasteiger partial charge on any atom is 0.0668 e. The van der Waals surface area contributed by atoms with Crippen LogP contribution in [-0.4, -0.2) is 48.0 Å². The van der Waals surface area contributed by atoms with Gasteiger partial charge in [-0.15, -0.1) is 0 Å². The van der Waals surface area contributed by atoms with Gasteiger partial charge in [-0.05, 0) is 24.8 Å². The van der Waals surface area contributed by atoms with E-state index >= 15 is 0 Å². The summed E-state index contributed by atoms with van der Waals surface area (Å²) < 4.78 is 0. The lowest BCUT2D eigenvalue weighted by atomic mass is 10.1. The van der Waals surface area contributed by atoms with Crippen molar-refractivity contribution in [3.63, 3.8) is 0 Å². The van der Waals surface area contributed by atoms with Crippen LogP contribution in [0.25, 0.3) is 6.08 Å². The van der Waals surface area contributed by atoms with E-state index in [0.717, 1.165) is 38.4 Å². The van der Waals surface area contributed by atoms with Gasteiger partial charge in [0.2, 0.25) is 0 Å². The quantitative estimate of drug-likeness (QED) is 0.764. The van der Waals surface area contributed by atoms with Crippen LogP contribution in [0.1, 0.15) is 11.3 Å². The van der Waals surface area contributed by atoms with Crippen molar-refractivity contribution in [2.75, 3.05) is 33.2 Å². The average Bonchev–Trinajstić information content (AvgIpc) is 2.33. The fourth-order valence-electron chi connectivity index (χ4n) is 2.02. The molecule has 0 atom stereocenters. The summed E-state index contributed by atoms with van der Waals surface area (Å²) in [5, 5.41) is 0. The summed E-state index contributed by atoms with van der Waals surface area (Å²) in [5.74, 6) is 0. The molecule has 3 nitrogen and oxygen atoms in total. The minimum atomic E-state index is 0.989. The van der Waals surface area contributed by atoms with Crippen molar-refractivity contribution in [2.24, 2.45) is 0 Å². The Kier molecular flexibility index (Phi) is 3.70. The molecule has 16 heavy (non-hydrogen) atoms. The Hall–Kier alpha value is -1.19. The third-order valence-corrected chi connectivity index (χ3v) is 3.11. The highest BCUT2D eigenvalue weighted by Crippen LogP contribution is 2.11. The van der Waals surface area contributed by atoms with Gasteiger partial charge in [-0.2, -0.15) is 0 Å². The zero-order valence-corrected chi connectivity index (χ0v) is 9.89. The van der Waals surface area contributed by atoms with E-state index in [1.807, 2.05) is 18.3 Å². The zero-order valence-electron chi connectivity index (χ0n) is 9.89. The summed E-state index contributed by atoms with van der Waals surface area (Å²) in [5.41, 5.74) is 2.29. The van der Waals surface area contributed by atoms with Crippen molar-refractivity contribution in [1.29, 1.82) is 0 Å². The van der Waals surface area contributed by atoms with Gasteiger partial charge in [0.1, 0.15) is 0 Å². The van der Waals surface area contributed by atoms with Crippen LogP contribution in [0.15, 0.2) is 24.9 Å². The molecule has 2 rings (SSSR count). The van der Waals surface area contributed by atoms with Crippen molar-refractivity contribution in [3.05, 3.63) is 36.2 Å².